The summed E-state index contributed by atoms with van der Waals surface area (Å²) < 4.78 is 26.6. The number of carbonyl (C=O) groups excluding carboxylic acids is 1. The first-order chi connectivity index (χ1) is 11.9. The van der Waals surface area contributed by atoms with Crippen molar-refractivity contribution in [3.05, 3.63) is 53.6 Å². The molecule has 0 bridgehead atoms. The van der Waals surface area contributed by atoms with E-state index < -0.39 is 16.1 Å². The Kier molecular flexibility index (Phi) is 5.27. The number of nitrogens with one attached hydrogen (secondary N) is 2. The van der Waals surface area contributed by atoms with Crippen molar-refractivity contribution in [3.8, 4) is 0 Å². The van der Waals surface area contributed by atoms with Crippen LogP contribution >= 0.6 is 11.6 Å². The molecule has 2 amide bonds. The fraction of sp³-hybridized carbons (Fsp3) is 0.235. The monoisotopic (exact) mass is 379 g/mol. The van der Waals surface area contributed by atoms with Gasteiger partial charge in [0.2, 0.25) is 10.0 Å². The predicted octanol–water partition coefficient (Wildman–Crippen LogP) is 3.77. The zero-order valence-corrected chi connectivity index (χ0v) is 15.0. The SMILES string of the molecule is O=C(Nc1cccc(Cl)c1)Nc1cccc(S(=O)(=O)N2CCCC2)c1. The molecule has 2 N–H and O–H groups in total. The Bertz CT molecular complexity index is 880. The van der Waals surface area contributed by atoms with Crippen molar-refractivity contribution < 1.29 is 13.2 Å². The zero-order chi connectivity index (χ0) is 17.9. The zero-order valence-electron chi connectivity index (χ0n) is 13.4. The Morgan fingerprint density at radius 2 is 1.56 bits per heavy atom. The molecule has 2 aromatic rings. The van der Waals surface area contributed by atoms with Crippen molar-refractivity contribution in [3.63, 3.8) is 0 Å². The lowest BCUT2D eigenvalue weighted by Gasteiger charge is -2.16. The molecule has 8 heteroatoms. The van der Waals surface area contributed by atoms with Crippen LogP contribution in [0, 0.1) is 0 Å². The number of carbonyl (C=O) groups is 1. The maximum absolute atomic E-state index is 12.6. The van der Waals surface area contributed by atoms with Gasteiger partial charge in [-0.2, -0.15) is 4.31 Å². The van der Waals surface area contributed by atoms with Gasteiger partial charge in [0.15, 0.2) is 0 Å². The van der Waals surface area contributed by atoms with Crippen LogP contribution in [0.25, 0.3) is 0 Å². The Labute approximate surface area is 151 Å². The van der Waals surface area contributed by atoms with Crippen LogP contribution < -0.4 is 10.6 Å². The highest BCUT2D eigenvalue weighted by atomic mass is 35.5. The molecule has 1 fully saturated rings. The Morgan fingerprint density at radius 1 is 0.960 bits per heavy atom. The first kappa shape index (κ1) is 17.7. The molecule has 0 aliphatic carbocycles. The maximum atomic E-state index is 12.6. The summed E-state index contributed by atoms with van der Waals surface area (Å²) in [5, 5.41) is 5.80. The van der Waals surface area contributed by atoms with Crippen LogP contribution in [-0.4, -0.2) is 31.8 Å². The molecule has 0 aromatic heterocycles. The summed E-state index contributed by atoms with van der Waals surface area (Å²) in [6.07, 6.45) is 1.75. The predicted molar refractivity (Wildman–Crippen MR) is 98.5 cm³/mol. The van der Waals surface area contributed by atoms with Crippen molar-refractivity contribution in [1.82, 2.24) is 4.31 Å². The number of hydrogen-bond acceptors (Lipinski definition) is 3. The molecule has 1 aliphatic heterocycles. The number of anilines is 2. The number of nitrogens with zero attached hydrogens (tertiary/aromatic N) is 1. The molecule has 132 valence electrons. The van der Waals surface area contributed by atoms with Crippen molar-refractivity contribution in [1.29, 1.82) is 0 Å². The highest BCUT2D eigenvalue weighted by Crippen LogP contribution is 2.23. The standard InChI is InChI=1S/C17H18ClN3O3S/c18-13-5-3-6-14(11-13)19-17(22)20-15-7-4-8-16(12-15)25(23,24)21-9-1-2-10-21/h3-8,11-12H,1-2,9-10H2,(H2,19,20,22). The minimum absolute atomic E-state index is 0.176. The second kappa shape index (κ2) is 7.43. The summed E-state index contributed by atoms with van der Waals surface area (Å²) in [5.74, 6) is 0. The number of rotatable bonds is 4. The number of sulfonamides is 1. The fourth-order valence-electron chi connectivity index (χ4n) is 2.67. The molecule has 25 heavy (non-hydrogen) atoms. The molecule has 0 saturated carbocycles. The van der Waals surface area contributed by atoms with E-state index in [9.17, 15) is 13.2 Å². The topological polar surface area (TPSA) is 78.5 Å². The largest absolute Gasteiger partial charge is 0.323 e. The van der Waals surface area contributed by atoms with Gasteiger partial charge in [0.1, 0.15) is 0 Å². The summed E-state index contributed by atoms with van der Waals surface area (Å²) in [4.78, 5) is 12.3. The highest BCUT2D eigenvalue weighted by Gasteiger charge is 2.27. The quantitative estimate of drug-likeness (QED) is 0.848. The van der Waals surface area contributed by atoms with Crippen LogP contribution in [0.3, 0.4) is 0 Å². The molecular weight excluding hydrogens is 362 g/mol. The molecule has 0 spiro atoms. The van der Waals surface area contributed by atoms with E-state index in [0.717, 1.165) is 12.8 Å². The van der Waals surface area contributed by atoms with Gasteiger partial charge >= 0.3 is 6.03 Å². The summed E-state index contributed by atoms with van der Waals surface area (Å²) in [6, 6.07) is 12.5. The average Bonchev–Trinajstić information content (AvgIpc) is 3.10. The molecule has 2 aromatic carbocycles. The van der Waals surface area contributed by atoms with Crippen molar-refractivity contribution in [2.45, 2.75) is 17.7 Å². The van der Waals surface area contributed by atoms with E-state index in [2.05, 4.69) is 10.6 Å². The van der Waals surface area contributed by atoms with Crippen LogP contribution in [-0.2, 0) is 10.0 Å². The molecule has 1 saturated heterocycles. The van der Waals surface area contributed by atoms with Crippen LogP contribution in [0.4, 0.5) is 16.2 Å². The normalized spacial score (nSPS) is 15.1. The Balaban J connectivity index is 1.72. The van der Waals surface area contributed by atoms with Crippen LogP contribution in [0.15, 0.2) is 53.4 Å². The van der Waals surface area contributed by atoms with Crippen molar-refractivity contribution in [2.24, 2.45) is 0 Å². The molecule has 1 aliphatic rings. The van der Waals surface area contributed by atoms with E-state index in [4.69, 9.17) is 11.6 Å². The van der Waals surface area contributed by atoms with Gasteiger partial charge in [-0.25, -0.2) is 13.2 Å². The van der Waals surface area contributed by atoms with E-state index in [-0.39, 0.29) is 4.90 Å². The Hall–Kier alpha value is -2.09. The molecular formula is C17H18ClN3O3S. The molecule has 1 heterocycles. The molecule has 0 radical (unpaired) electrons. The van der Waals surface area contributed by atoms with Crippen LogP contribution in [0.5, 0.6) is 0 Å². The van der Waals surface area contributed by atoms with Crippen molar-refractivity contribution in [2.75, 3.05) is 23.7 Å². The number of urea groups is 1. The molecule has 3 rings (SSSR count). The number of benzene rings is 2. The Morgan fingerprint density at radius 3 is 2.20 bits per heavy atom. The summed E-state index contributed by atoms with van der Waals surface area (Å²) >= 11 is 5.88. The van der Waals surface area contributed by atoms with E-state index in [1.54, 1.807) is 36.4 Å². The minimum Gasteiger partial charge on any atom is -0.308 e. The first-order valence-electron chi connectivity index (χ1n) is 7.89. The third-order valence-corrected chi connectivity index (χ3v) is 6.01. The van der Waals surface area contributed by atoms with Gasteiger partial charge in [0.05, 0.1) is 4.90 Å². The van der Waals surface area contributed by atoms with E-state index in [0.29, 0.717) is 29.5 Å². The molecule has 0 atom stereocenters. The number of amides is 2. The van der Waals surface area contributed by atoms with Gasteiger partial charge < -0.3 is 10.6 Å². The molecule has 6 nitrogen and oxygen atoms in total. The van der Waals surface area contributed by atoms with Gasteiger partial charge in [-0.3, -0.25) is 0 Å². The summed E-state index contributed by atoms with van der Waals surface area (Å²) in [7, 11) is -3.52. The van der Waals surface area contributed by atoms with Gasteiger partial charge in [0.25, 0.3) is 0 Å². The summed E-state index contributed by atoms with van der Waals surface area (Å²) in [6.45, 7) is 1.07. The first-order valence-corrected chi connectivity index (χ1v) is 9.71. The maximum Gasteiger partial charge on any atom is 0.323 e. The van der Waals surface area contributed by atoms with Gasteiger partial charge in [-0.05, 0) is 49.2 Å². The third-order valence-electron chi connectivity index (χ3n) is 3.88. The van der Waals surface area contributed by atoms with Crippen LogP contribution in [0.2, 0.25) is 5.02 Å². The lowest BCUT2D eigenvalue weighted by Crippen LogP contribution is -2.28. The van der Waals surface area contributed by atoms with E-state index in [1.807, 2.05) is 0 Å². The lowest BCUT2D eigenvalue weighted by atomic mass is 10.3. The second-order valence-corrected chi connectivity index (χ2v) is 8.10. The lowest BCUT2D eigenvalue weighted by molar-refractivity contribution is 0.262. The number of halogens is 1. The minimum atomic E-state index is -3.52. The highest BCUT2D eigenvalue weighted by molar-refractivity contribution is 7.89. The van der Waals surface area contributed by atoms with Gasteiger partial charge in [-0.1, -0.05) is 23.7 Å². The van der Waals surface area contributed by atoms with Crippen LogP contribution in [0.1, 0.15) is 12.8 Å². The average molecular weight is 380 g/mol. The molecule has 0 unspecified atom stereocenters. The third kappa shape index (κ3) is 4.31. The van der Waals surface area contributed by atoms with Gasteiger partial charge in [-0.15, -0.1) is 0 Å². The fourth-order valence-corrected chi connectivity index (χ4v) is 4.43. The van der Waals surface area contributed by atoms with E-state index >= 15 is 0 Å². The van der Waals surface area contributed by atoms with E-state index in [1.165, 1.54) is 16.4 Å². The summed E-state index contributed by atoms with van der Waals surface area (Å²) in [5.41, 5.74) is 0.950. The van der Waals surface area contributed by atoms with Gasteiger partial charge in [0, 0.05) is 29.5 Å². The second-order valence-electron chi connectivity index (χ2n) is 5.73. The number of hydrogen-bond donors (Lipinski definition) is 2. The van der Waals surface area contributed by atoms with Crippen molar-refractivity contribution >= 4 is 39.0 Å². The smallest absolute Gasteiger partial charge is 0.308 e.